The van der Waals surface area contributed by atoms with E-state index in [2.05, 4.69) is 50.9 Å². The number of benzene rings is 1. The minimum absolute atomic E-state index is 0.0384. The van der Waals surface area contributed by atoms with Gasteiger partial charge in [0.05, 0.1) is 5.56 Å². The van der Waals surface area contributed by atoms with Gasteiger partial charge < -0.3 is 20.4 Å². The Labute approximate surface area is 293 Å². The Hall–Kier alpha value is -1.54. The van der Waals surface area contributed by atoms with Crippen molar-refractivity contribution in [2.45, 2.75) is 111 Å². The Morgan fingerprint density at radius 2 is 1.73 bits per heavy atom. The highest BCUT2D eigenvalue weighted by molar-refractivity contribution is 7.85. The van der Waals surface area contributed by atoms with Gasteiger partial charge in [-0.2, -0.15) is 0 Å². The second-order valence-corrected chi connectivity index (χ2v) is 19.5. The maximum absolute atomic E-state index is 11.9. The molecule has 0 spiro atoms. The van der Waals surface area contributed by atoms with Gasteiger partial charge in [-0.1, -0.05) is 59.2 Å². The average Bonchev–Trinajstić information content (AvgIpc) is 3.05. The van der Waals surface area contributed by atoms with E-state index in [9.17, 15) is 19.2 Å². The summed E-state index contributed by atoms with van der Waals surface area (Å²) in [7, 11) is -0.628. The van der Waals surface area contributed by atoms with Gasteiger partial charge in [0.15, 0.2) is 0 Å². The number of hydrogen-bond acceptors (Lipinski definition) is 5. The molecule has 3 N–H and O–H groups in total. The molecular weight excluding hydrogens is 617 g/mol. The number of aliphatic hydroxyl groups is 1. The Morgan fingerprint density at radius 3 is 2.42 bits per heavy atom. The van der Waals surface area contributed by atoms with Gasteiger partial charge in [0.25, 0.3) is 0 Å². The van der Waals surface area contributed by atoms with Crippen LogP contribution in [0.25, 0.3) is 5.57 Å². The van der Waals surface area contributed by atoms with Gasteiger partial charge in [0.2, 0.25) is 0 Å². The zero-order valence-electron chi connectivity index (χ0n) is 30.6. The molecule has 0 aromatic heterocycles. The summed E-state index contributed by atoms with van der Waals surface area (Å²) in [5, 5.41) is 23.3. The second-order valence-electron chi connectivity index (χ2n) is 17.8. The summed E-state index contributed by atoms with van der Waals surface area (Å²) in [6.45, 7) is 16.7. The third-order valence-corrected chi connectivity index (χ3v) is 16.1. The van der Waals surface area contributed by atoms with Crippen molar-refractivity contribution in [2.75, 3.05) is 44.3 Å². The number of rotatable bonds is 11. The second kappa shape index (κ2) is 14.2. The number of nitrogens with zero attached hydrogens (tertiary/aromatic N) is 1. The van der Waals surface area contributed by atoms with Gasteiger partial charge in [-0.25, -0.2) is 4.79 Å². The molecule has 7 heteroatoms. The van der Waals surface area contributed by atoms with Crippen LogP contribution in [0.4, 0.5) is 0 Å². The molecule has 0 bridgehead atoms. The van der Waals surface area contributed by atoms with Crippen LogP contribution in [0.5, 0.6) is 0 Å². The smallest absolute Gasteiger partial charge is 0.335 e. The average molecular weight is 681 g/mol. The number of carbonyl (C=O) groups is 1. The molecule has 1 saturated heterocycles. The fraction of sp³-hybridized carbons (Fsp3) is 0.780. The fourth-order valence-corrected chi connectivity index (χ4v) is 13.4. The molecule has 6 rings (SSSR count). The van der Waals surface area contributed by atoms with Crippen LogP contribution in [0.15, 0.2) is 30.3 Å². The minimum atomic E-state index is -0.864. The molecule has 48 heavy (non-hydrogen) atoms. The number of carboxylic acids is 1. The van der Waals surface area contributed by atoms with E-state index >= 15 is 0 Å². The van der Waals surface area contributed by atoms with Gasteiger partial charge in [0, 0.05) is 60.6 Å². The largest absolute Gasteiger partial charge is 0.478 e. The fourth-order valence-electron chi connectivity index (χ4n) is 12.3. The summed E-state index contributed by atoms with van der Waals surface area (Å²) in [6, 6.07) is 7.59. The molecule has 1 aromatic carbocycles. The van der Waals surface area contributed by atoms with Crippen LogP contribution in [-0.2, 0) is 10.8 Å². The predicted molar refractivity (Wildman–Crippen MR) is 197 cm³/mol. The maximum Gasteiger partial charge on any atom is 0.335 e. The summed E-state index contributed by atoms with van der Waals surface area (Å²) in [4.78, 5) is 14.0. The molecule has 0 amide bonds. The van der Waals surface area contributed by atoms with Crippen molar-refractivity contribution in [3.8, 4) is 0 Å². The molecule has 1 aromatic rings. The number of aliphatic hydroxyl groups excluding tert-OH is 1. The van der Waals surface area contributed by atoms with E-state index in [-0.39, 0.29) is 23.0 Å². The van der Waals surface area contributed by atoms with Crippen molar-refractivity contribution in [3.63, 3.8) is 0 Å². The summed E-state index contributed by atoms with van der Waals surface area (Å²) in [5.74, 6) is 4.05. The van der Waals surface area contributed by atoms with E-state index in [4.69, 9.17) is 0 Å². The molecule has 1 heterocycles. The predicted octanol–water partition coefficient (Wildman–Crippen LogP) is 7.64. The van der Waals surface area contributed by atoms with Gasteiger partial charge in [-0.15, -0.1) is 0 Å². The van der Waals surface area contributed by atoms with Crippen molar-refractivity contribution in [3.05, 3.63) is 41.5 Å². The Morgan fingerprint density at radius 1 is 1.00 bits per heavy atom. The first-order chi connectivity index (χ1) is 22.8. The quantitative estimate of drug-likeness (QED) is 0.223. The highest BCUT2D eigenvalue weighted by Crippen LogP contribution is 2.71. The zero-order chi connectivity index (χ0) is 34.3. The van der Waals surface area contributed by atoms with Gasteiger partial charge in [-0.05, 0) is 133 Å². The molecule has 5 aliphatic rings. The molecule has 268 valence electrons. The normalized spacial score (nSPS) is 37.5. The number of hydrogen-bond donors (Lipinski definition) is 3. The van der Waals surface area contributed by atoms with E-state index in [1.54, 1.807) is 12.1 Å². The van der Waals surface area contributed by atoms with Crippen molar-refractivity contribution in [1.29, 1.82) is 0 Å². The number of allylic oxidation sites excluding steroid dienone is 2. The number of nitrogens with one attached hydrogen (secondary N) is 1. The highest BCUT2D eigenvalue weighted by atomic mass is 32.2. The summed E-state index contributed by atoms with van der Waals surface area (Å²) >= 11 is 0. The lowest BCUT2D eigenvalue weighted by Gasteiger charge is -2.68. The zero-order valence-corrected chi connectivity index (χ0v) is 31.4. The standard InChI is InChI=1S/C41H64N2O4S/c1-29(28-44)7-6-17-41(42-21-22-43-23-25-48(47)26-24-43)20-15-34-32(27-41)12-13-36-39(34,4)19-16-35-38(2,3)33(14-18-40(35,36)5)30-8-10-31(11-9-30)37(45)46/h8-11,14,29,32,34-36,42,44H,6-7,12-13,15-28H2,1-5H3,(H,45,46). The molecular formula is C41H64N2O4S. The van der Waals surface area contributed by atoms with E-state index in [0.29, 0.717) is 22.8 Å². The van der Waals surface area contributed by atoms with Crippen molar-refractivity contribution >= 4 is 22.3 Å². The van der Waals surface area contributed by atoms with Crippen LogP contribution in [0.3, 0.4) is 0 Å². The third-order valence-electron chi connectivity index (χ3n) is 14.8. The first-order valence-electron chi connectivity index (χ1n) is 19.3. The van der Waals surface area contributed by atoms with Crippen LogP contribution in [0.1, 0.15) is 121 Å². The molecule has 4 aliphatic carbocycles. The molecule has 1 aliphatic heterocycles. The van der Waals surface area contributed by atoms with E-state index < -0.39 is 16.8 Å². The maximum atomic E-state index is 11.9. The summed E-state index contributed by atoms with van der Waals surface area (Å²) in [5.41, 5.74) is 3.83. The van der Waals surface area contributed by atoms with E-state index in [1.165, 1.54) is 68.9 Å². The molecule has 4 fully saturated rings. The van der Waals surface area contributed by atoms with Gasteiger partial charge >= 0.3 is 5.97 Å². The summed E-state index contributed by atoms with van der Waals surface area (Å²) in [6.07, 6.45) is 16.3. The minimum Gasteiger partial charge on any atom is -0.478 e. The van der Waals surface area contributed by atoms with Crippen LogP contribution in [0.2, 0.25) is 0 Å². The van der Waals surface area contributed by atoms with Crippen LogP contribution in [-0.4, -0.2) is 75.1 Å². The molecule has 8 atom stereocenters. The first-order valence-corrected chi connectivity index (χ1v) is 20.8. The molecule has 3 saturated carbocycles. The first kappa shape index (κ1) is 36.3. The van der Waals surface area contributed by atoms with E-state index in [0.717, 1.165) is 68.3 Å². The number of carboxylic acid groups (broad SMARTS) is 1. The van der Waals surface area contributed by atoms with Crippen LogP contribution in [0, 0.1) is 45.8 Å². The van der Waals surface area contributed by atoms with E-state index in [1.807, 2.05) is 12.1 Å². The lowest BCUT2D eigenvalue weighted by Crippen LogP contribution is -2.62. The number of fused-ring (bicyclic) bond motifs is 5. The lowest BCUT2D eigenvalue weighted by atomic mass is 9.37. The number of aromatic carboxylic acids is 1. The van der Waals surface area contributed by atoms with Crippen LogP contribution >= 0.6 is 0 Å². The van der Waals surface area contributed by atoms with Gasteiger partial charge in [0.1, 0.15) is 0 Å². The molecule has 6 nitrogen and oxygen atoms in total. The SMILES string of the molecule is CC(CO)CCCC1(NCCN2CCS(=O)CC2)CCC2C(CCC3C2(C)CCC2C(C)(C)C(c4ccc(C(=O)O)cc4)=CCC23C)C1. The molecule has 0 radical (unpaired) electrons. The molecule has 8 unspecified atom stereocenters. The van der Waals surface area contributed by atoms with Crippen LogP contribution < -0.4 is 5.32 Å². The monoisotopic (exact) mass is 680 g/mol. The third kappa shape index (κ3) is 6.88. The lowest BCUT2D eigenvalue weighted by molar-refractivity contribution is -0.163. The van der Waals surface area contributed by atoms with Crippen molar-refractivity contribution in [2.24, 2.45) is 45.8 Å². The Balaban J connectivity index is 1.17. The van der Waals surface area contributed by atoms with Gasteiger partial charge in [-0.3, -0.25) is 4.21 Å². The van der Waals surface area contributed by atoms with Crippen molar-refractivity contribution < 1.29 is 19.2 Å². The highest BCUT2D eigenvalue weighted by Gasteiger charge is 2.63. The topological polar surface area (TPSA) is 89.9 Å². The van der Waals surface area contributed by atoms with Crippen molar-refractivity contribution in [1.82, 2.24) is 10.2 Å². The Bertz CT molecular complexity index is 1350. The Kier molecular flexibility index (Phi) is 10.8. The summed E-state index contributed by atoms with van der Waals surface area (Å²) < 4.78 is 11.9.